The average Bonchev–Trinajstić information content (AvgIpc) is 3.29. The number of hydrogen-bond acceptors (Lipinski definition) is 5. The first-order valence-electron chi connectivity index (χ1n) is 9.37. The lowest BCUT2D eigenvalue weighted by Gasteiger charge is -2.07. The molecule has 0 saturated carbocycles. The van der Waals surface area contributed by atoms with Gasteiger partial charge >= 0.3 is 0 Å². The van der Waals surface area contributed by atoms with Gasteiger partial charge in [-0.05, 0) is 61.6 Å². The van der Waals surface area contributed by atoms with Crippen LogP contribution >= 0.6 is 23.7 Å². The highest BCUT2D eigenvalue weighted by Gasteiger charge is 2.16. The Morgan fingerprint density at radius 3 is 2.61 bits per heavy atom. The largest absolute Gasteiger partial charge is 0.324 e. The van der Waals surface area contributed by atoms with Gasteiger partial charge in [-0.2, -0.15) is 5.10 Å². The molecule has 0 spiro atoms. The van der Waals surface area contributed by atoms with Gasteiger partial charge in [0, 0.05) is 16.1 Å². The van der Waals surface area contributed by atoms with Crippen molar-refractivity contribution in [2.24, 2.45) is 5.73 Å². The van der Waals surface area contributed by atoms with Crippen molar-refractivity contribution < 1.29 is 4.79 Å². The van der Waals surface area contributed by atoms with E-state index in [1.807, 2.05) is 24.3 Å². The van der Waals surface area contributed by atoms with E-state index >= 15 is 0 Å². The van der Waals surface area contributed by atoms with Crippen LogP contribution in [0.4, 0.5) is 5.69 Å². The number of carbonyl (C=O) groups is 1. The van der Waals surface area contributed by atoms with Crippen LogP contribution in [0.25, 0.3) is 11.4 Å². The van der Waals surface area contributed by atoms with E-state index in [2.05, 4.69) is 26.6 Å². The highest BCUT2D eigenvalue weighted by molar-refractivity contribution is 7.14. The molecule has 0 atom stereocenters. The van der Waals surface area contributed by atoms with Gasteiger partial charge < -0.3 is 11.1 Å². The molecule has 148 valence electrons. The molecule has 0 bridgehead atoms. The van der Waals surface area contributed by atoms with E-state index in [0.29, 0.717) is 18.2 Å². The molecule has 1 amide bonds. The third kappa shape index (κ3) is 4.60. The van der Waals surface area contributed by atoms with Crippen LogP contribution in [-0.2, 0) is 19.4 Å². The van der Waals surface area contributed by atoms with Crippen LogP contribution < -0.4 is 11.1 Å². The van der Waals surface area contributed by atoms with Gasteiger partial charge in [0.2, 0.25) is 0 Å². The molecule has 1 aliphatic rings. The van der Waals surface area contributed by atoms with Crippen molar-refractivity contribution in [2.45, 2.75) is 45.1 Å². The van der Waals surface area contributed by atoms with Gasteiger partial charge in [0.1, 0.15) is 5.82 Å². The minimum atomic E-state index is -0.0391. The molecule has 4 rings (SSSR count). The van der Waals surface area contributed by atoms with Crippen molar-refractivity contribution in [2.75, 3.05) is 5.32 Å². The third-order valence-electron chi connectivity index (χ3n) is 4.85. The number of halogens is 1. The standard InChI is InChI=1S/C20H23N5OS.ClH/c21-12-18-23-19(25-24-18)13-7-9-15(10-8-13)22-20(26)17-11-14-5-3-1-2-4-6-16(14)27-17;/h7-11H,1-6,12,21H2,(H,22,26)(H,23,24,25);1H. The molecule has 8 heteroatoms. The number of amides is 1. The molecule has 1 aromatic carbocycles. The predicted octanol–water partition coefficient (Wildman–Crippen LogP) is 4.33. The minimum Gasteiger partial charge on any atom is -0.324 e. The van der Waals surface area contributed by atoms with E-state index < -0.39 is 0 Å². The molecule has 1 aliphatic carbocycles. The summed E-state index contributed by atoms with van der Waals surface area (Å²) in [4.78, 5) is 19.2. The number of thiophene rings is 1. The Hall–Kier alpha value is -2.22. The Balaban J connectivity index is 0.00000225. The monoisotopic (exact) mass is 417 g/mol. The topological polar surface area (TPSA) is 96.7 Å². The number of fused-ring (bicyclic) bond motifs is 1. The molecule has 3 aromatic rings. The van der Waals surface area contributed by atoms with Crippen LogP contribution in [0.1, 0.15) is 51.6 Å². The first-order chi connectivity index (χ1) is 13.2. The van der Waals surface area contributed by atoms with E-state index in [0.717, 1.165) is 29.0 Å². The number of nitrogens with two attached hydrogens (primary N) is 1. The minimum absolute atomic E-state index is 0. The van der Waals surface area contributed by atoms with Crippen molar-refractivity contribution in [3.8, 4) is 11.4 Å². The number of H-pyrrole nitrogens is 1. The van der Waals surface area contributed by atoms with Gasteiger partial charge in [0.05, 0.1) is 11.4 Å². The summed E-state index contributed by atoms with van der Waals surface area (Å²) in [6, 6.07) is 9.61. The maximum Gasteiger partial charge on any atom is 0.265 e. The van der Waals surface area contributed by atoms with Crippen molar-refractivity contribution >= 4 is 35.3 Å². The number of nitrogens with one attached hydrogen (secondary N) is 2. The van der Waals surface area contributed by atoms with E-state index in [4.69, 9.17) is 5.73 Å². The number of benzene rings is 1. The first-order valence-corrected chi connectivity index (χ1v) is 10.2. The number of anilines is 1. The number of hydrogen-bond donors (Lipinski definition) is 3. The van der Waals surface area contributed by atoms with E-state index in [-0.39, 0.29) is 18.3 Å². The number of aromatic nitrogens is 3. The van der Waals surface area contributed by atoms with Crippen molar-refractivity contribution in [1.29, 1.82) is 0 Å². The number of rotatable bonds is 4. The van der Waals surface area contributed by atoms with Gasteiger partial charge in [-0.1, -0.05) is 12.8 Å². The predicted molar refractivity (Wildman–Crippen MR) is 115 cm³/mol. The average molecular weight is 418 g/mol. The van der Waals surface area contributed by atoms with Gasteiger partial charge in [0.25, 0.3) is 5.91 Å². The molecule has 6 nitrogen and oxygen atoms in total. The zero-order chi connectivity index (χ0) is 18.6. The van der Waals surface area contributed by atoms with Crippen LogP contribution in [0.5, 0.6) is 0 Å². The van der Waals surface area contributed by atoms with E-state index in [1.54, 1.807) is 11.3 Å². The van der Waals surface area contributed by atoms with Crippen molar-refractivity contribution in [3.05, 3.63) is 51.5 Å². The second-order valence-electron chi connectivity index (χ2n) is 6.81. The van der Waals surface area contributed by atoms with Crippen LogP contribution in [0, 0.1) is 0 Å². The van der Waals surface area contributed by atoms with Gasteiger partial charge in [-0.3, -0.25) is 9.89 Å². The Morgan fingerprint density at radius 2 is 1.89 bits per heavy atom. The SMILES string of the molecule is Cl.NCc1nc(-c2ccc(NC(=O)c3cc4c(s3)CCCCCC4)cc2)n[nH]1. The Labute approximate surface area is 174 Å². The fraction of sp³-hybridized carbons (Fsp3) is 0.350. The number of aromatic amines is 1. The van der Waals surface area contributed by atoms with E-state index in [1.165, 1.54) is 36.1 Å². The Kier molecular flexibility index (Phi) is 6.83. The number of nitrogens with zero attached hydrogens (tertiary/aromatic N) is 2. The fourth-order valence-electron chi connectivity index (χ4n) is 3.37. The molecule has 2 aromatic heterocycles. The van der Waals surface area contributed by atoms with Crippen molar-refractivity contribution in [1.82, 2.24) is 15.2 Å². The zero-order valence-corrected chi connectivity index (χ0v) is 17.2. The molecule has 0 saturated heterocycles. The fourth-order valence-corrected chi connectivity index (χ4v) is 4.52. The maximum atomic E-state index is 12.7. The number of aryl methyl sites for hydroxylation is 2. The van der Waals surface area contributed by atoms with E-state index in [9.17, 15) is 4.79 Å². The van der Waals surface area contributed by atoms with Crippen LogP contribution in [-0.4, -0.2) is 21.1 Å². The highest BCUT2D eigenvalue weighted by Crippen LogP contribution is 2.29. The summed E-state index contributed by atoms with van der Waals surface area (Å²) in [6.07, 6.45) is 7.23. The zero-order valence-electron chi connectivity index (χ0n) is 15.5. The van der Waals surface area contributed by atoms with Gasteiger partial charge in [0.15, 0.2) is 5.82 Å². The smallest absolute Gasteiger partial charge is 0.265 e. The molecule has 0 radical (unpaired) electrons. The molecular weight excluding hydrogens is 394 g/mol. The van der Waals surface area contributed by atoms with Crippen LogP contribution in [0.15, 0.2) is 30.3 Å². The molecule has 28 heavy (non-hydrogen) atoms. The summed E-state index contributed by atoms with van der Waals surface area (Å²) < 4.78 is 0. The lowest BCUT2D eigenvalue weighted by molar-refractivity contribution is 0.103. The van der Waals surface area contributed by atoms with Crippen molar-refractivity contribution in [3.63, 3.8) is 0 Å². The maximum absolute atomic E-state index is 12.7. The summed E-state index contributed by atoms with van der Waals surface area (Å²) in [5, 5.41) is 9.94. The Morgan fingerprint density at radius 1 is 1.14 bits per heavy atom. The molecule has 2 heterocycles. The first kappa shape index (κ1) is 20.5. The third-order valence-corrected chi connectivity index (χ3v) is 6.08. The van der Waals surface area contributed by atoms with Gasteiger partial charge in [-0.15, -0.1) is 23.7 Å². The van der Waals surface area contributed by atoms with Crippen LogP contribution in [0.3, 0.4) is 0 Å². The lowest BCUT2D eigenvalue weighted by atomic mass is 10.00. The Bertz CT molecular complexity index is 909. The summed E-state index contributed by atoms with van der Waals surface area (Å²) >= 11 is 1.64. The second-order valence-corrected chi connectivity index (χ2v) is 7.95. The quantitative estimate of drug-likeness (QED) is 0.588. The summed E-state index contributed by atoms with van der Waals surface area (Å²) in [6.45, 7) is 0.325. The normalized spacial score (nSPS) is 13.8. The molecular formula is C20H24ClN5OS. The highest BCUT2D eigenvalue weighted by atomic mass is 35.5. The summed E-state index contributed by atoms with van der Waals surface area (Å²) in [7, 11) is 0. The summed E-state index contributed by atoms with van der Waals surface area (Å²) in [5.41, 5.74) is 8.55. The summed E-state index contributed by atoms with van der Waals surface area (Å²) in [5.74, 6) is 1.21. The molecule has 0 unspecified atom stereocenters. The second kappa shape index (κ2) is 9.32. The van der Waals surface area contributed by atoms with Gasteiger partial charge in [-0.25, -0.2) is 4.98 Å². The molecule has 0 aliphatic heterocycles. The number of carbonyl (C=O) groups excluding carboxylic acids is 1. The molecule has 4 N–H and O–H groups in total. The molecule has 0 fully saturated rings. The van der Waals surface area contributed by atoms with Crippen LogP contribution in [0.2, 0.25) is 0 Å². The lowest BCUT2D eigenvalue weighted by Crippen LogP contribution is -2.10.